The van der Waals surface area contributed by atoms with Gasteiger partial charge in [-0.3, -0.25) is 14.2 Å². The molecule has 156 valence electrons. The number of para-hydroxylation sites is 1. The zero-order valence-electron chi connectivity index (χ0n) is 17.7. The van der Waals surface area contributed by atoms with Gasteiger partial charge in [0.15, 0.2) is 5.16 Å². The maximum absolute atomic E-state index is 13.2. The van der Waals surface area contributed by atoms with Crippen molar-refractivity contribution in [3.8, 4) is 0 Å². The number of benzene rings is 2. The molecular formula is C24H27N3O2S. The van der Waals surface area contributed by atoms with Gasteiger partial charge in [-0.2, -0.15) is 0 Å². The predicted octanol–water partition coefficient (Wildman–Crippen LogP) is 4.27. The predicted molar refractivity (Wildman–Crippen MR) is 124 cm³/mol. The molecule has 0 bridgehead atoms. The van der Waals surface area contributed by atoms with Crippen molar-refractivity contribution < 1.29 is 4.79 Å². The van der Waals surface area contributed by atoms with Gasteiger partial charge >= 0.3 is 0 Å². The minimum absolute atomic E-state index is 0.00907. The molecule has 0 unspecified atom stereocenters. The highest BCUT2D eigenvalue weighted by atomic mass is 32.2. The topological polar surface area (TPSA) is 55.2 Å². The van der Waals surface area contributed by atoms with Gasteiger partial charge in [0.25, 0.3) is 5.56 Å². The Balaban J connectivity index is 1.93. The van der Waals surface area contributed by atoms with E-state index in [1.165, 1.54) is 17.3 Å². The Morgan fingerprint density at radius 3 is 2.53 bits per heavy atom. The molecule has 0 atom stereocenters. The number of carbonyl (C=O) groups excluding carboxylic acids is 1. The normalized spacial score (nSPS) is 10.9. The van der Waals surface area contributed by atoms with E-state index in [1.54, 1.807) is 15.5 Å². The molecule has 0 aliphatic carbocycles. The Kier molecular flexibility index (Phi) is 7.11. The number of aryl methyl sites for hydroxylation is 1. The van der Waals surface area contributed by atoms with Crippen LogP contribution in [0.3, 0.4) is 0 Å². The first kappa shape index (κ1) is 21.8. The van der Waals surface area contributed by atoms with Crippen molar-refractivity contribution in [2.75, 3.05) is 18.8 Å². The summed E-state index contributed by atoms with van der Waals surface area (Å²) in [5, 5.41) is 1.14. The highest BCUT2D eigenvalue weighted by molar-refractivity contribution is 7.99. The van der Waals surface area contributed by atoms with Gasteiger partial charge in [-0.15, -0.1) is 0 Å². The summed E-state index contributed by atoms with van der Waals surface area (Å²) in [5.74, 6) is 0.231. The molecule has 0 fully saturated rings. The zero-order valence-corrected chi connectivity index (χ0v) is 18.5. The molecule has 5 nitrogen and oxygen atoms in total. The third-order valence-corrected chi connectivity index (χ3v) is 5.77. The van der Waals surface area contributed by atoms with Gasteiger partial charge in [0.05, 0.1) is 23.2 Å². The molecule has 0 aliphatic heterocycles. The van der Waals surface area contributed by atoms with Crippen LogP contribution in [-0.2, 0) is 11.3 Å². The van der Waals surface area contributed by atoms with E-state index >= 15 is 0 Å². The van der Waals surface area contributed by atoms with E-state index in [0.29, 0.717) is 35.7 Å². The number of carbonyl (C=O) groups is 1. The first-order valence-corrected chi connectivity index (χ1v) is 11.0. The van der Waals surface area contributed by atoms with Crippen LogP contribution in [0.5, 0.6) is 0 Å². The van der Waals surface area contributed by atoms with Crippen LogP contribution >= 0.6 is 11.8 Å². The number of nitrogens with zero attached hydrogens (tertiary/aromatic N) is 3. The molecule has 6 heteroatoms. The van der Waals surface area contributed by atoms with Crippen LogP contribution in [0.25, 0.3) is 10.9 Å². The van der Waals surface area contributed by atoms with E-state index in [0.717, 1.165) is 11.1 Å². The van der Waals surface area contributed by atoms with Crippen LogP contribution in [0, 0.1) is 6.92 Å². The van der Waals surface area contributed by atoms with Crippen molar-refractivity contribution in [1.82, 2.24) is 14.5 Å². The number of rotatable bonds is 8. The molecule has 2 aromatic carbocycles. The lowest BCUT2D eigenvalue weighted by Gasteiger charge is -2.21. The number of amides is 1. The molecule has 0 radical (unpaired) electrons. The van der Waals surface area contributed by atoms with Crippen LogP contribution in [0.1, 0.15) is 25.0 Å². The summed E-state index contributed by atoms with van der Waals surface area (Å²) < 4.78 is 1.67. The second-order valence-electron chi connectivity index (χ2n) is 7.44. The van der Waals surface area contributed by atoms with Crippen LogP contribution in [0.2, 0.25) is 0 Å². The van der Waals surface area contributed by atoms with Gasteiger partial charge in [0.1, 0.15) is 0 Å². The minimum atomic E-state index is -0.0922. The Labute approximate surface area is 181 Å². The summed E-state index contributed by atoms with van der Waals surface area (Å²) >= 11 is 1.31. The van der Waals surface area contributed by atoms with E-state index < -0.39 is 0 Å². The molecule has 0 N–H and O–H groups in total. The fraction of sp³-hybridized carbons (Fsp3) is 0.292. The largest absolute Gasteiger partial charge is 0.338 e. The van der Waals surface area contributed by atoms with Crippen molar-refractivity contribution in [3.63, 3.8) is 0 Å². The van der Waals surface area contributed by atoms with Crippen LogP contribution < -0.4 is 5.56 Å². The average Bonchev–Trinajstić information content (AvgIpc) is 2.73. The molecule has 1 heterocycles. The Morgan fingerprint density at radius 1 is 1.17 bits per heavy atom. The lowest BCUT2D eigenvalue weighted by molar-refractivity contribution is -0.127. The monoisotopic (exact) mass is 421 g/mol. The molecule has 3 rings (SSSR count). The molecule has 0 saturated carbocycles. The van der Waals surface area contributed by atoms with Crippen molar-refractivity contribution in [2.45, 2.75) is 32.5 Å². The smallest absolute Gasteiger partial charge is 0.262 e. The molecule has 0 saturated heterocycles. The maximum atomic E-state index is 13.2. The van der Waals surface area contributed by atoms with Crippen molar-refractivity contribution in [3.05, 3.63) is 82.2 Å². The second-order valence-corrected chi connectivity index (χ2v) is 8.38. The summed E-state index contributed by atoms with van der Waals surface area (Å²) in [6.07, 6.45) is 0. The molecular weight excluding hydrogens is 394 g/mol. The highest BCUT2D eigenvalue weighted by Crippen LogP contribution is 2.20. The molecule has 3 aromatic rings. The van der Waals surface area contributed by atoms with Gasteiger partial charge in [0.2, 0.25) is 5.91 Å². The van der Waals surface area contributed by atoms with E-state index in [9.17, 15) is 9.59 Å². The number of fused-ring (bicyclic) bond motifs is 1. The second kappa shape index (κ2) is 9.76. The molecule has 1 amide bonds. The first-order valence-electron chi connectivity index (χ1n) is 9.99. The van der Waals surface area contributed by atoms with Gasteiger partial charge < -0.3 is 4.90 Å². The molecule has 0 spiro atoms. The van der Waals surface area contributed by atoms with Gasteiger partial charge in [-0.05, 0) is 38.5 Å². The van der Waals surface area contributed by atoms with E-state index in [1.807, 2.05) is 63.2 Å². The maximum Gasteiger partial charge on any atom is 0.262 e. The summed E-state index contributed by atoms with van der Waals surface area (Å²) in [6.45, 7) is 11.4. The number of likely N-dealkylation sites (N-methyl/N-ethyl adjacent to an activating group) is 1. The van der Waals surface area contributed by atoms with Crippen molar-refractivity contribution in [1.29, 1.82) is 0 Å². The third kappa shape index (κ3) is 5.19. The van der Waals surface area contributed by atoms with Crippen LogP contribution in [-0.4, -0.2) is 39.2 Å². The summed E-state index contributed by atoms with van der Waals surface area (Å²) in [7, 11) is 0. The quantitative estimate of drug-likeness (QED) is 0.310. The van der Waals surface area contributed by atoms with E-state index in [4.69, 9.17) is 4.98 Å². The first-order chi connectivity index (χ1) is 14.4. The molecule has 1 aromatic heterocycles. The van der Waals surface area contributed by atoms with Gasteiger partial charge in [-0.25, -0.2) is 4.98 Å². The van der Waals surface area contributed by atoms with Gasteiger partial charge in [-0.1, -0.05) is 65.9 Å². The molecule has 30 heavy (non-hydrogen) atoms. The number of hydrogen-bond acceptors (Lipinski definition) is 4. The Bertz CT molecular complexity index is 1120. The lowest BCUT2D eigenvalue weighted by atomic mass is 10.1. The van der Waals surface area contributed by atoms with Gasteiger partial charge in [0, 0.05) is 13.1 Å². The SMILES string of the molecule is C=C(C)CN(CC)C(=O)CSc1nc2ccccc2c(=O)n1Cc1ccc(C)cc1. The van der Waals surface area contributed by atoms with E-state index in [2.05, 4.69) is 6.58 Å². The minimum Gasteiger partial charge on any atom is -0.338 e. The standard InChI is InChI=1S/C24H27N3O2S/c1-5-26(14-17(2)3)22(28)16-30-24-25-21-9-7-6-8-20(21)23(29)27(24)15-19-12-10-18(4)11-13-19/h6-13H,2,5,14-16H2,1,3-4H3. The highest BCUT2D eigenvalue weighted by Gasteiger charge is 2.16. The lowest BCUT2D eigenvalue weighted by Crippen LogP contribution is -2.34. The number of thioether (sulfide) groups is 1. The number of hydrogen-bond donors (Lipinski definition) is 0. The van der Waals surface area contributed by atoms with Crippen LogP contribution in [0.4, 0.5) is 0 Å². The van der Waals surface area contributed by atoms with Crippen molar-refractivity contribution in [2.24, 2.45) is 0 Å². The summed E-state index contributed by atoms with van der Waals surface area (Å²) in [4.78, 5) is 32.4. The third-order valence-electron chi connectivity index (χ3n) is 4.81. The number of aromatic nitrogens is 2. The summed E-state index contributed by atoms with van der Waals surface area (Å²) in [5.41, 5.74) is 3.68. The zero-order chi connectivity index (χ0) is 21.7. The fourth-order valence-electron chi connectivity index (χ4n) is 3.19. The fourth-order valence-corrected chi connectivity index (χ4v) is 4.09. The molecule has 0 aliphatic rings. The van der Waals surface area contributed by atoms with Crippen molar-refractivity contribution >= 4 is 28.6 Å². The van der Waals surface area contributed by atoms with E-state index in [-0.39, 0.29) is 17.2 Å². The Morgan fingerprint density at radius 2 is 1.87 bits per heavy atom. The average molecular weight is 422 g/mol. The Hall–Kier alpha value is -2.86. The van der Waals surface area contributed by atoms with Crippen LogP contribution in [0.15, 0.2) is 70.6 Å². The summed E-state index contributed by atoms with van der Waals surface area (Å²) in [6, 6.07) is 15.4.